The second kappa shape index (κ2) is 8.66. The molecule has 0 amide bonds. The predicted octanol–water partition coefficient (Wildman–Crippen LogP) is 6.36. The van der Waals surface area contributed by atoms with Crippen molar-refractivity contribution in [1.82, 2.24) is 9.97 Å². The summed E-state index contributed by atoms with van der Waals surface area (Å²) in [6.45, 7) is 10.7. The second-order valence-electron chi connectivity index (χ2n) is 10.4. The lowest BCUT2D eigenvalue weighted by Crippen LogP contribution is -2.27. The number of fused-ring (bicyclic) bond motifs is 1. The van der Waals surface area contributed by atoms with Gasteiger partial charge in [-0.15, -0.1) is 0 Å². The van der Waals surface area contributed by atoms with E-state index in [0.29, 0.717) is 13.2 Å². The highest BCUT2D eigenvalue weighted by Gasteiger charge is 2.31. The lowest BCUT2D eigenvalue weighted by Gasteiger charge is -2.29. The number of hydrogen-bond donors (Lipinski definition) is 0. The summed E-state index contributed by atoms with van der Waals surface area (Å²) in [6.07, 6.45) is 1.15. The molecule has 0 spiro atoms. The Bertz CT molecular complexity index is 1460. The largest absolute Gasteiger partial charge is 0.372 e. The van der Waals surface area contributed by atoms with Gasteiger partial charge in [-0.1, -0.05) is 23.5 Å². The standard InChI is InChI=1S/C28H31N3O3S/c1-15-12-20-26(35-27(30-20)31(6)7)23(21(15)25(16(2)32)34-28(3,4)5)19-9-8-17-13-33-14-18-10-11-29-24(19)22(17)18/h8-12,25H,13-14H2,1-7H3/t25-/m1/s1. The highest BCUT2D eigenvalue weighted by Crippen LogP contribution is 2.46. The first-order chi connectivity index (χ1) is 16.5. The lowest BCUT2D eigenvalue weighted by atomic mass is 9.87. The Morgan fingerprint density at radius 2 is 1.89 bits per heavy atom. The van der Waals surface area contributed by atoms with Crippen LogP contribution >= 0.6 is 11.3 Å². The normalized spacial score (nSPS) is 14.5. The van der Waals surface area contributed by atoms with Crippen LogP contribution < -0.4 is 4.90 Å². The lowest BCUT2D eigenvalue weighted by molar-refractivity contribution is -0.138. The fourth-order valence-electron chi connectivity index (χ4n) is 4.82. The number of Topliss-reactive ketones (excluding diaryl/α,β-unsaturated/α-hetero) is 1. The highest BCUT2D eigenvalue weighted by atomic mass is 32.1. The van der Waals surface area contributed by atoms with Crippen LogP contribution in [0.2, 0.25) is 0 Å². The first-order valence-electron chi connectivity index (χ1n) is 11.8. The molecule has 0 aliphatic carbocycles. The maximum Gasteiger partial charge on any atom is 0.185 e. The summed E-state index contributed by atoms with van der Waals surface area (Å²) < 4.78 is 13.2. The van der Waals surface area contributed by atoms with Crippen molar-refractivity contribution >= 4 is 43.4 Å². The molecule has 2 aromatic heterocycles. The van der Waals surface area contributed by atoms with E-state index in [2.05, 4.69) is 18.2 Å². The maximum absolute atomic E-state index is 13.1. The van der Waals surface area contributed by atoms with Gasteiger partial charge in [-0.25, -0.2) is 4.98 Å². The molecule has 0 fully saturated rings. The van der Waals surface area contributed by atoms with E-state index >= 15 is 0 Å². The molecule has 1 aliphatic heterocycles. The van der Waals surface area contributed by atoms with Crippen molar-refractivity contribution in [2.24, 2.45) is 0 Å². The topological polar surface area (TPSA) is 64.5 Å². The van der Waals surface area contributed by atoms with Crippen molar-refractivity contribution in [1.29, 1.82) is 0 Å². The zero-order valence-corrected chi connectivity index (χ0v) is 22.2. The molecule has 0 bridgehead atoms. The number of aromatic nitrogens is 2. The molecule has 1 atom stereocenters. The molecule has 1 aliphatic rings. The first-order valence-corrected chi connectivity index (χ1v) is 12.6. The van der Waals surface area contributed by atoms with Gasteiger partial charge in [0.15, 0.2) is 10.9 Å². The van der Waals surface area contributed by atoms with Crippen LogP contribution in [0.15, 0.2) is 30.5 Å². The van der Waals surface area contributed by atoms with E-state index in [1.54, 1.807) is 18.3 Å². The monoisotopic (exact) mass is 489 g/mol. The number of thiazole rings is 1. The second-order valence-corrected chi connectivity index (χ2v) is 11.4. The van der Waals surface area contributed by atoms with Crippen molar-refractivity contribution in [3.63, 3.8) is 0 Å². The van der Waals surface area contributed by atoms with Gasteiger partial charge in [0.05, 0.1) is 34.5 Å². The number of benzene rings is 2. The van der Waals surface area contributed by atoms with E-state index in [-0.39, 0.29) is 5.78 Å². The van der Waals surface area contributed by atoms with Gasteiger partial charge in [0.25, 0.3) is 0 Å². The number of carbonyl (C=O) groups is 1. The zero-order valence-electron chi connectivity index (χ0n) is 21.4. The molecule has 0 saturated carbocycles. The molecule has 0 unspecified atom stereocenters. The summed E-state index contributed by atoms with van der Waals surface area (Å²) in [7, 11) is 3.99. The van der Waals surface area contributed by atoms with Gasteiger partial charge in [-0.05, 0) is 63.4 Å². The van der Waals surface area contributed by atoms with Gasteiger partial charge in [0, 0.05) is 42.4 Å². The van der Waals surface area contributed by atoms with Crippen molar-refractivity contribution < 1.29 is 14.3 Å². The molecule has 6 nitrogen and oxygen atoms in total. The number of aryl methyl sites for hydroxylation is 1. The molecule has 0 N–H and O–H groups in total. The number of anilines is 1. The Labute approximate surface area is 209 Å². The first kappa shape index (κ1) is 23.9. The van der Waals surface area contributed by atoms with E-state index in [9.17, 15) is 4.79 Å². The third-order valence-electron chi connectivity index (χ3n) is 6.25. The van der Waals surface area contributed by atoms with Gasteiger partial charge in [0.1, 0.15) is 6.10 Å². The molecule has 5 rings (SSSR count). The quantitative estimate of drug-likeness (QED) is 0.325. The van der Waals surface area contributed by atoms with Gasteiger partial charge < -0.3 is 14.4 Å². The SMILES string of the molecule is CC(=O)[C@@H](OC(C)(C)C)c1c(C)cc2nc(N(C)C)sc2c1-c1ccc2c3c(ccnc13)COC2. The van der Waals surface area contributed by atoms with Crippen molar-refractivity contribution in [2.75, 3.05) is 19.0 Å². The van der Waals surface area contributed by atoms with Crippen LogP contribution in [0.5, 0.6) is 0 Å². The molecule has 0 radical (unpaired) electrons. The van der Waals surface area contributed by atoms with Crippen LogP contribution in [0, 0.1) is 6.92 Å². The van der Waals surface area contributed by atoms with E-state index in [0.717, 1.165) is 59.6 Å². The van der Waals surface area contributed by atoms with Crippen LogP contribution in [0.4, 0.5) is 5.13 Å². The predicted molar refractivity (Wildman–Crippen MR) is 142 cm³/mol. The van der Waals surface area contributed by atoms with Gasteiger partial charge in [0.2, 0.25) is 0 Å². The van der Waals surface area contributed by atoms with Gasteiger partial charge in [-0.2, -0.15) is 0 Å². The number of rotatable bonds is 5. The third kappa shape index (κ3) is 4.22. The molecular weight excluding hydrogens is 458 g/mol. The van der Waals surface area contributed by atoms with Crippen LogP contribution in [0.25, 0.3) is 32.2 Å². The van der Waals surface area contributed by atoms with Crippen LogP contribution in [0.1, 0.15) is 56.1 Å². The number of ketones is 1. The number of pyridine rings is 1. The Hall–Kier alpha value is -2.87. The van der Waals surface area contributed by atoms with E-state index in [4.69, 9.17) is 19.4 Å². The van der Waals surface area contributed by atoms with E-state index in [1.807, 2.05) is 59.0 Å². The zero-order chi connectivity index (χ0) is 25.1. The number of ether oxygens (including phenoxy) is 2. The van der Waals surface area contributed by atoms with Crippen LogP contribution in [-0.4, -0.2) is 35.4 Å². The summed E-state index contributed by atoms with van der Waals surface area (Å²) in [5, 5.41) is 2.06. The minimum absolute atomic E-state index is 0.0231. The van der Waals surface area contributed by atoms with Gasteiger partial charge >= 0.3 is 0 Å². The highest BCUT2D eigenvalue weighted by molar-refractivity contribution is 7.22. The third-order valence-corrected chi connectivity index (χ3v) is 7.51. The maximum atomic E-state index is 13.1. The smallest absolute Gasteiger partial charge is 0.185 e. The average molecular weight is 490 g/mol. The minimum Gasteiger partial charge on any atom is -0.372 e. The summed E-state index contributed by atoms with van der Waals surface area (Å²) in [6, 6.07) is 8.34. The summed E-state index contributed by atoms with van der Waals surface area (Å²) >= 11 is 1.63. The molecule has 0 saturated heterocycles. The molecule has 2 aromatic carbocycles. The van der Waals surface area contributed by atoms with Crippen LogP contribution in [0.3, 0.4) is 0 Å². The van der Waals surface area contributed by atoms with Crippen molar-refractivity contribution in [3.8, 4) is 11.1 Å². The summed E-state index contributed by atoms with van der Waals surface area (Å²) in [4.78, 5) is 24.8. The average Bonchev–Trinajstić information content (AvgIpc) is 3.21. The summed E-state index contributed by atoms with van der Waals surface area (Å²) in [5.41, 5.74) is 7.47. The Morgan fingerprint density at radius 3 is 2.54 bits per heavy atom. The Morgan fingerprint density at radius 1 is 1.17 bits per heavy atom. The number of hydrogen-bond acceptors (Lipinski definition) is 7. The van der Waals surface area contributed by atoms with Crippen molar-refractivity contribution in [3.05, 3.63) is 52.7 Å². The van der Waals surface area contributed by atoms with E-state index in [1.165, 1.54) is 0 Å². The van der Waals surface area contributed by atoms with Crippen LogP contribution in [-0.2, 0) is 27.5 Å². The minimum atomic E-state index is -0.701. The molecule has 3 heterocycles. The Kier molecular flexibility index (Phi) is 5.90. The van der Waals surface area contributed by atoms with E-state index < -0.39 is 11.7 Å². The molecule has 4 aromatic rings. The van der Waals surface area contributed by atoms with Crippen molar-refractivity contribution in [2.45, 2.75) is 59.5 Å². The fourth-order valence-corrected chi connectivity index (χ4v) is 5.86. The number of carbonyl (C=O) groups excluding carboxylic acids is 1. The van der Waals surface area contributed by atoms with Gasteiger partial charge in [-0.3, -0.25) is 9.78 Å². The summed E-state index contributed by atoms with van der Waals surface area (Å²) in [5.74, 6) is -0.0231. The molecule has 182 valence electrons. The molecule has 35 heavy (non-hydrogen) atoms. The molecule has 7 heteroatoms. The number of nitrogens with zero attached hydrogens (tertiary/aromatic N) is 3. The molecular formula is C28H31N3O3S. The Balaban J connectivity index is 1.91. The fraction of sp³-hybridized carbons (Fsp3) is 0.393.